The Morgan fingerprint density at radius 3 is 1.96 bits per heavy atom. The molecule has 2 unspecified atom stereocenters. The molecule has 27 heteroatoms. The summed E-state index contributed by atoms with van der Waals surface area (Å²) in [5, 5.41) is 19.1. The highest BCUT2D eigenvalue weighted by Gasteiger charge is 2.47. The van der Waals surface area contributed by atoms with Crippen molar-refractivity contribution in [2.45, 2.75) is 150 Å². The highest BCUT2D eigenvalue weighted by Crippen LogP contribution is 2.49. The van der Waals surface area contributed by atoms with Gasteiger partial charge in [-0.2, -0.15) is 5.10 Å². The number of halogens is 5. The summed E-state index contributed by atoms with van der Waals surface area (Å²) in [5.74, 6) is 2.14. The number of likely N-dealkylation sites (tertiary alicyclic amines) is 1. The van der Waals surface area contributed by atoms with Crippen LogP contribution in [0, 0.1) is 37.9 Å². The highest BCUT2D eigenvalue weighted by molar-refractivity contribution is 7.99. The topological polar surface area (TPSA) is 237 Å². The van der Waals surface area contributed by atoms with Crippen LogP contribution in [0.5, 0.6) is 11.5 Å². The summed E-state index contributed by atoms with van der Waals surface area (Å²) >= 11 is 12.6. The molecule has 3 fully saturated rings. The first-order valence-corrected chi connectivity index (χ1v) is 49.5. The second-order valence-electron chi connectivity index (χ2n) is 35.0. The Kier molecular flexibility index (Phi) is 29.5. The van der Waals surface area contributed by atoms with E-state index in [4.69, 9.17) is 34.5 Å². The molecule has 0 bridgehead atoms. The first-order valence-electron chi connectivity index (χ1n) is 44.7. The predicted molar refractivity (Wildman–Crippen MR) is 519 cm³/mol. The number of carbonyl (C=O) groups excluding carboxylic acids is 5. The van der Waals surface area contributed by atoms with Crippen molar-refractivity contribution in [1.82, 2.24) is 40.2 Å². The molecule has 3 aromatic heterocycles. The SMILES string of the molecule is C=S(C)(=O)c1cc(NC(=O)c2cncc3c2cnn3-c2ccc(F)cc2)c(C)cc1C.CC[N+]1(C/C2=C/CCCCCC2)CCC(NC(=O)C2c3cc(Cl)ccc3Oc3ccc(Cl)cc32)CC1.O=C1CC(N(Cc2ccccc2F)C(=O)C(c2ccccc2)c2ccccc2)CCCN1.[C-]#[N+]c1cc(C(=O)NC2(c3cccc(S(C)(=O)=O)c3)CC2)c2ccn(-c3ccc(F)cc3)c2c1. The van der Waals surface area contributed by atoms with Gasteiger partial charge in [-0.3, -0.25) is 33.2 Å². The zero-order chi connectivity index (χ0) is 93.9. The van der Waals surface area contributed by atoms with Crippen molar-refractivity contribution < 1.29 is 59.0 Å². The van der Waals surface area contributed by atoms with E-state index in [1.54, 1.807) is 131 Å². The third-order valence-electron chi connectivity index (χ3n) is 25.6. The number of nitrogens with zero attached hydrogens (tertiary/aromatic N) is 7. The van der Waals surface area contributed by atoms with Gasteiger partial charge in [-0.25, -0.2) is 31.1 Å². The minimum absolute atomic E-state index is 0.00504. The van der Waals surface area contributed by atoms with Crippen LogP contribution in [-0.4, -0.2) is 134 Å². The Balaban J connectivity index is 0.000000136. The molecule has 5 amide bonds. The monoisotopic (exact) mass is 1870 g/mol. The lowest BCUT2D eigenvalue weighted by Gasteiger charge is -2.44. The lowest BCUT2D eigenvalue weighted by Crippen LogP contribution is -2.57. The number of benzene rings is 10. The maximum atomic E-state index is 14.6. The lowest BCUT2D eigenvalue weighted by molar-refractivity contribution is -0.927. The number of quaternary nitrogens is 1. The van der Waals surface area contributed by atoms with Gasteiger partial charge in [0.15, 0.2) is 15.5 Å². The van der Waals surface area contributed by atoms with Gasteiger partial charge >= 0.3 is 0 Å². The van der Waals surface area contributed by atoms with Crippen molar-refractivity contribution in [1.29, 1.82) is 0 Å². The Morgan fingerprint density at radius 1 is 0.684 bits per heavy atom. The average Bonchev–Trinajstić information content (AvgIpc) is 1.70. The van der Waals surface area contributed by atoms with Crippen molar-refractivity contribution >= 4 is 111 Å². The van der Waals surface area contributed by atoms with Crippen molar-refractivity contribution in [2.24, 2.45) is 0 Å². The molecule has 5 aliphatic rings. The summed E-state index contributed by atoms with van der Waals surface area (Å²) in [5.41, 5.74) is 11.5. The number of allylic oxidation sites excluding steroid dienone is 1. The van der Waals surface area contributed by atoms with Gasteiger partial charge in [0.05, 0.1) is 77.6 Å². The smallest absolute Gasteiger partial charge is 0.257 e. The number of likely N-dealkylation sites (N-methyl/N-ethyl adjacent to an activating group) is 1. The number of rotatable bonds is 20. The van der Waals surface area contributed by atoms with Gasteiger partial charge < -0.3 is 40.0 Å². The number of hydrogen-bond donors (Lipinski definition) is 4. The molecule has 1 saturated carbocycles. The molecular formula is C106H105Cl2F3N11O9S2+. The van der Waals surface area contributed by atoms with E-state index in [1.807, 2.05) is 115 Å². The molecule has 10 aromatic carbocycles. The largest absolute Gasteiger partial charge is 0.457 e. The number of sulfone groups is 1. The summed E-state index contributed by atoms with van der Waals surface area (Å²) in [4.78, 5) is 77.0. The number of pyridine rings is 1. The second-order valence-corrected chi connectivity index (χ2v) is 40.3. The van der Waals surface area contributed by atoms with E-state index in [-0.39, 0.29) is 76.9 Å². The van der Waals surface area contributed by atoms with E-state index in [9.17, 15) is 49.8 Å². The molecular weight excluding hydrogens is 1760 g/mol. The molecule has 18 rings (SSSR count). The maximum Gasteiger partial charge on any atom is 0.257 e. The van der Waals surface area contributed by atoms with Crippen LogP contribution in [0.4, 0.5) is 24.5 Å². The predicted octanol–water partition coefficient (Wildman–Crippen LogP) is 21.6. The first kappa shape index (κ1) is 94.7. The third kappa shape index (κ3) is 22.5. The molecule has 13 aromatic rings. The highest BCUT2D eigenvalue weighted by atomic mass is 35.5. The molecule has 3 aliphatic heterocycles. The lowest BCUT2D eigenvalue weighted by atomic mass is 9.86. The summed E-state index contributed by atoms with van der Waals surface area (Å²) in [6.45, 7) is 18.8. The number of aryl methyl sites for hydroxylation is 2. The van der Waals surface area contributed by atoms with Crippen LogP contribution >= 0.6 is 23.2 Å². The number of anilines is 1. The van der Waals surface area contributed by atoms with Crippen LogP contribution in [0.3, 0.4) is 0 Å². The van der Waals surface area contributed by atoms with Gasteiger partial charge in [0.25, 0.3) is 11.8 Å². The number of fused-ring (bicyclic) bond motifs is 4. The summed E-state index contributed by atoms with van der Waals surface area (Å²) in [7, 11) is -5.82. The van der Waals surface area contributed by atoms with Crippen molar-refractivity contribution in [3.63, 3.8) is 0 Å². The third-order valence-corrected chi connectivity index (χ3v) is 28.6. The van der Waals surface area contributed by atoms with Crippen molar-refractivity contribution in [2.75, 3.05) is 50.6 Å². The van der Waals surface area contributed by atoms with E-state index >= 15 is 0 Å². The van der Waals surface area contributed by atoms with Gasteiger partial charge in [0.1, 0.15) is 35.5 Å². The number of aromatic nitrogens is 4. The number of nitrogens with one attached hydrogen (secondary N) is 4. The molecule has 20 nitrogen and oxygen atoms in total. The van der Waals surface area contributed by atoms with Gasteiger partial charge in [-0.05, 0) is 248 Å². The Morgan fingerprint density at radius 2 is 1.33 bits per heavy atom. The van der Waals surface area contributed by atoms with Gasteiger partial charge in [-0.1, -0.05) is 139 Å². The van der Waals surface area contributed by atoms with Gasteiger partial charge in [-0.15, -0.1) is 0 Å². The number of ether oxygens (including phenoxy) is 1. The van der Waals surface area contributed by atoms with E-state index in [1.165, 1.54) is 87.7 Å². The summed E-state index contributed by atoms with van der Waals surface area (Å²) in [6.07, 6.45) is 24.7. The fraction of sp³-hybridized carbons (Fsp3) is 0.274. The Labute approximate surface area is 784 Å². The minimum atomic E-state index is -3.37. The standard InChI is InChI=1S/C30H36Cl2N2O2.C27H27FN2O2.C26H20FN3O3S.C23H21FN4O2S/c1-2-34(20-21-8-6-4-3-5-7-9-21)16-14-24(15-17-34)33-30(35)29-25-18-22(31)10-12-27(25)36-28-13-11-23(32)19-26(28)29;28-24-16-8-7-14-22(24)19-30(23-15-9-17-29-25(31)18-23)27(32)26(20-10-3-1-4-11-20)21-12-5-2-6-13-21;1-28-19-15-23(22-10-13-30(24(22)16-19)20-8-6-18(27)7-9-20)25(31)29-26(11-12-26)17-4-3-5-21(14-17)34(2,32)33;1-14-9-15(2)22(31(3,4)30)10-20(14)27-23(29)19-11-25-13-21-18(19)12-26-28(21)17-7-5-16(24)6-8-17/h8,10-13,18-19,24,29H,2-7,9,14-17,20H2,1H3;1-8,10-14,16,23,26H,9,15,17-19H2,(H,29,31);3-10,13-16H,11-12H2,2H3,(H,29,31);5-13H,3H2,1-2,4H3,(H,27,29)/p+1/b21-8+;;;. The van der Waals surface area contributed by atoms with Crippen molar-refractivity contribution in [3.05, 3.63) is 355 Å². The molecule has 684 valence electrons. The van der Waals surface area contributed by atoms with E-state index < -0.39 is 36.7 Å². The zero-order valence-corrected chi connectivity index (χ0v) is 77.9. The minimum Gasteiger partial charge on any atom is -0.457 e. The van der Waals surface area contributed by atoms with Crippen molar-refractivity contribution in [3.8, 4) is 22.9 Å². The fourth-order valence-corrected chi connectivity index (χ4v) is 20.5. The van der Waals surface area contributed by atoms with Crippen LogP contribution in [0.25, 0.3) is 38.0 Å². The molecule has 6 heterocycles. The van der Waals surface area contributed by atoms with Gasteiger partial charge in [0.2, 0.25) is 17.7 Å². The molecule has 0 spiro atoms. The molecule has 4 N–H and O–H groups in total. The van der Waals surface area contributed by atoms with E-state index in [2.05, 4.69) is 55.1 Å². The van der Waals surface area contributed by atoms with Crippen LogP contribution in [0.2, 0.25) is 10.0 Å². The number of amides is 5. The second kappa shape index (κ2) is 41.4. The first-order chi connectivity index (χ1) is 63.9. The molecule has 2 atom stereocenters. The van der Waals surface area contributed by atoms with Crippen LogP contribution < -0.4 is 26.0 Å². The van der Waals surface area contributed by atoms with E-state index in [0.29, 0.717) is 113 Å². The Hall–Kier alpha value is -13.0. The quantitative estimate of drug-likeness (QED) is 0.0242. The van der Waals surface area contributed by atoms with Gasteiger partial charge in [0, 0.05) is 134 Å². The number of piperidine rings is 1. The zero-order valence-electron chi connectivity index (χ0n) is 74.7. The summed E-state index contributed by atoms with van der Waals surface area (Å²) < 4.78 is 88.3. The summed E-state index contributed by atoms with van der Waals surface area (Å²) in [6, 6.07) is 63.8. The van der Waals surface area contributed by atoms with Crippen LogP contribution in [0.15, 0.2) is 271 Å². The van der Waals surface area contributed by atoms with E-state index in [0.717, 1.165) is 88.6 Å². The molecule has 2 saturated heterocycles. The Bertz CT molecular complexity index is 6750. The molecule has 0 radical (unpaired) electrons. The molecule has 133 heavy (non-hydrogen) atoms. The maximum absolute atomic E-state index is 14.6. The van der Waals surface area contributed by atoms with Crippen LogP contribution in [-0.2, 0) is 45.8 Å². The number of hydrogen-bond acceptors (Lipinski definition) is 11. The fourth-order valence-electron chi connectivity index (χ4n) is 18.3. The normalized spacial score (nSPS) is 17.7. The number of carbonyl (C=O) groups is 5. The van der Waals surface area contributed by atoms with Crippen LogP contribution in [0.1, 0.15) is 167 Å². The average molecular weight is 1870 g/mol. The molecule has 2 aliphatic carbocycles.